The SMILES string of the molecule is CSCCn1c(CCCl)nc2cc(C)ccc21. The molecular formula is C13H17ClN2S. The molecule has 1 aromatic heterocycles. The van der Waals surface area contributed by atoms with Gasteiger partial charge in [0.25, 0.3) is 0 Å². The molecule has 2 rings (SSSR count). The molecule has 17 heavy (non-hydrogen) atoms. The minimum Gasteiger partial charge on any atom is -0.327 e. The topological polar surface area (TPSA) is 17.8 Å². The Balaban J connectivity index is 2.46. The lowest BCUT2D eigenvalue weighted by molar-refractivity contribution is 0.734. The van der Waals surface area contributed by atoms with Crippen LogP contribution in [0.3, 0.4) is 0 Å². The molecule has 4 heteroatoms. The summed E-state index contributed by atoms with van der Waals surface area (Å²) in [6.45, 7) is 3.11. The van der Waals surface area contributed by atoms with Gasteiger partial charge in [0.15, 0.2) is 0 Å². The van der Waals surface area contributed by atoms with E-state index >= 15 is 0 Å². The predicted molar refractivity (Wildman–Crippen MR) is 77.3 cm³/mol. The molecule has 0 unspecified atom stereocenters. The zero-order valence-corrected chi connectivity index (χ0v) is 11.8. The van der Waals surface area contributed by atoms with Crippen LogP contribution in [0.1, 0.15) is 11.4 Å². The van der Waals surface area contributed by atoms with Gasteiger partial charge in [-0.05, 0) is 30.9 Å². The number of halogens is 1. The molecule has 0 N–H and O–H groups in total. The second-order valence-corrected chi connectivity index (χ2v) is 5.47. The van der Waals surface area contributed by atoms with Gasteiger partial charge in [-0.15, -0.1) is 11.6 Å². The first-order valence-electron chi connectivity index (χ1n) is 5.77. The van der Waals surface area contributed by atoms with E-state index in [0.717, 1.165) is 30.1 Å². The van der Waals surface area contributed by atoms with E-state index in [-0.39, 0.29) is 0 Å². The summed E-state index contributed by atoms with van der Waals surface area (Å²) in [6, 6.07) is 6.45. The van der Waals surface area contributed by atoms with Gasteiger partial charge in [-0.3, -0.25) is 0 Å². The van der Waals surface area contributed by atoms with Gasteiger partial charge in [0.2, 0.25) is 0 Å². The average molecular weight is 269 g/mol. The normalized spacial score (nSPS) is 11.2. The third-order valence-electron chi connectivity index (χ3n) is 2.82. The zero-order valence-electron chi connectivity index (χ0n) is 10.2. The first kappa shape index (κ1) is 12.8. The molecule has 0 radical (unpaired) electrons. The van der Waals surface area contributed by atoms with Crippen LogP contribution in [0.25, 0.3) is 11.0 Å². The van der Waals surface area contributed by atoms with Gasteiger partial charge in [0.1, 0.15) is 5.82 Å². The summed E-state index contributed by atoms with van der Waals surface area (Å²) < 4.78 is 2.30. The molecule has 2 nitrogen and oxygen atoms in total. The quantitative estimate of drug-likeness (QED) is 0.773. The Morgan fingerprint density at radius 1 is 1.41 bits per heavy atom. The van der Waals surface area contributed by atoms with Crippen molar-refractivity contribution < 1.29 is 0 Å². The van der Waals surface area contributed by atoms with E-state index in [2.05, 4.69) is 40.9 Å². The summed E-state index contributed by atoms with van der Waals surface area (Å²) in [5.74, 6) is 2.84. The first-order chi connectivity index (χ1) is 8.26. The third-order valence-corrected chi connectivity index (χ3v) is 3.60. The summed E-state index contributed by atoms with van der Waals surface area (Å²) in [5.41, 5.74) is 3.57. The molecule has 92 valence electrons. The van der Waals surface area contributed by atoms with Crippen molar-refractivity contribution in [1.29, 1.82) is 0 Å². The number of rotatable bonds is 5. The van der Waals surface area contributed by atoms with Crippen LogP contribution in [-0.2, 0) is 13.0 Å². The number of benzene rings is 1. The lowest BCUT2D eigenvalue weighted by Gasteiger charge is -2.07. The Labute approximate surface area is 111 Å². The molecule has 1 heterocycles. The summed E-state index contributed by atoms with van der Waals surface area (Å²) >= 11 is 7.70. The molecule has 0 saturated heterocycles. The number of fused-ring (bicyclic) bond motifs is 1. The van der Waals surface area contributed by atoms with E-state index in [9.17, 15) is 0 Å². The maximum absolute atomic E-state index is 5.84. The van der Waals surface area contributed by atoms with Gasteiger partial charge in [-0.2, -0.15) is 11.8 Å². The number of thioether (sulfide) groups is 1. The Hall–Kier alpha value is -0.670. The average Bonchev–Trinajstić information content (AvgIpc) is 2.63. The highest BCUT2D eigenvalue weighted by atomic mass is 35.5. The lowest BCUT2D eigenvalue weighted by atomic mass is 10.2. The van der Waals surface area contributed by atoms with Crippen molar-refractivity contribution in [2.45, 2.75) is 19.9 Å². The molecule has 2 aromatic rings. The van der Waals surface area contributed by atoms with Crippen molar-refractivity contribution in [3.8, 4) is 0 Å². The monoisotopic (exact) mass is 268 g/mol. The van der Waals surface area contributed by atoms with E-state index in [1.165, 1.54) is 11.1 Å². The fourth-order valence-electron chi connectivity index (χ4n) is 2.00. The molecule has 0 bridgehead atoms. The van der Waals surface area contributed by atoms with E-state index < -0.39 is 0 Å². The van der Waals surface area contributed by atoms with E-state index in [1.54, 1.807) is 0 Å². The van der Waals surface area contributed by atoms with Gasteiger partial charge in [0.05, 0.1) is 11.0 Å². The molecule has 0 amide bonds. The van der Waals surface area contributed by atoms with Crippen LogP contribution in [0.2, 0.25) is 0 Å². The molecule has 0 aliphatic rings. The van der Waals surface area contributed by atoms with Crippen LogP contribution < -0.4 is 0 Å². The van der Waals surface area contributed by atoms with E-state index in [4.69, 9.17) is 11.6 Å². The number of imidazole rings is 1. The second kappa shape index (κ2) is 5.78. The third kappa shape index (κ3) is 2.78. The molecular weight excluding hydrogens is 252 g/mol. The number of nitrogens with zero attached hydrogens (tertiary/aromatic N) is 2. The summed E-state index contributed by atoms with van der Waals surface area (Å²) in [5, 5.41) is 0. The van der Waals surface area contributed by atoms with Crippen LogP contribution in [-0.4, -0.2) is 27.4 Å². The van der Waals surface area contributed by atoms with Gasteiger partial charge in [-0.25, -0.2) is 4.98 Å². The summed E-state index contributed by atoms with van der Waals surface area (Å²) in [4.78, 5) is 4.69. The number of aryl methyl sites for hydroxylation is 3. The van der Waals surface area contributed by atoms with Crippen LogP contribution in [0.4, 0.5) is 0 Å². The Morgan fingerprint density at radius 3 is 2.94 bits per heavy atom. The summed E-state index contributed by atoms with van der Waals surface area (Å²) in [7, 11) is 0. The van der Waals surface area contributed by atoms with Crippen molar-refractivity contribution in [1.82, 2.24) is 9.55 Å². The molecule has 0 saturated carbocycles. The Bertz CT molecular complexity index is 507. The predicted octanol–water partition coefficient (Wildman–Crippen LogP) is 3.49. The number of hydrogen-bond donors (Lipinski definition) is 0. The van der Waals surface area contributed by atoms with Gasteiger partial charge < -0.3 is 4.57 Å². The molecule has 0 atom stereocenters. The van der Waals surface area contributed by atoms with Crippen molar-refractivity contribution in [2.24, 2.45) is 0 Å². The largest absolute Gasteiger partial charge is 0.327 e. The van der Waals surface area contributed by atoms with E-state index in [0.29, 0.717) is 5.88 Å². The maximum atomic E-state index is 5.84. The van der Waals surface area contributed by atoms with Crippen LogP contribution in [0, 0.1) is 6.92 Å². The smallest absolute Gasteiger partial charge is 0.111 e. The first-order valence-corrected chi connectivity index (χ1v) is 7.69. The van der Waals surface area contributed by atoms with Gasteiger partial charge in [-0.1, -0.05) is 6.07 Å². The number of hydrogen-bond acceptors (Lipinski definition) is 2. The van der Waals surface area contributed by atoms with Crippen molar-refractivity contribution in [3.05, 3.63) is 29.6 Å². The highest BCUT2D eigenvalue weighted by Gasteiger charge is 2.09. The molecule has 0 aliphatic heterocycles. The molecule has 0 spiro atoms. The van der Waals surface area contributed by atoms with Gasteiger partial charge >= 0.3 is 0 Å². The van der Waals surface area contributed by atoms with Crippen molar-refractivity contribution >= 4 is 34.4 Å². The second-order valence-electron chi connectivity index (χ2n) is 4.10. The zero-order chi connectivity index (χ0) is 12.3. The fraction of sp³-hybridized carbons (Fsp3) is 0.462. The number of alkyl halides is 1. The minimum absolute atomic E-state index is 0.627. The maximum Gasteiger partial charge on any atom is 0.111 e. The molecule has 1 aromatic carbocycles. The minimum atomic E-state index is 0.627. The standard InChI is InChI=1S/C13H17ClN2S/c1-10-3-4-12-11(9-10)15-13(5-6-14)16(12)7-8-17-2/h3-4,9H,5-8H2,1-2H3. The van der Waals surface area contributed by atoms with Crippen LogP contribution in [0.5, 0.6) is 0 Å². The van der Waals surface area contributed by atoms with E-state index in [1.807, 2.05) is 11.8 Å². The lowest BCUT2D eigenvalue weighted by Crippen LogP contribution is -2.06. The van der Waals surface area contributed by atoms with Crippen molar-refractivity contribution in [3.63, 3.8) is 0 Å². The molecule has 0 aliphatic carbocycles. The molecule has 0 fully saturated rings. The van der Waals surface area contributed by atoms with Crippen LogP contribution >= 0.6 is 23.4 Å². The summed E-state index contributed by atoms with van der Waals surface area (Å²) in [6.07, 6.45) is 2.97. The number of aromatic nitrogens is 2. The van der Waals surface area contributed by atoms with Crippen LogP contribution in [0.15, 0.2) is 18.2 Å². The Morgan fingerprint density at radius 2 is 2.24 bits per heavy atom. The van der Waals surface area contributed by atoms with Gasteiger partial charge in [0, 0.05) is 24.6 Å². The highest BCUT2D eigenvalue weighted by Crippen LogP contribution is 2.19. The van der Waals surface area contributed by atoms with Crippen molar-refractivity contribution in [2.75, 3.05) is 17.9 Å². The highest BCUT2D eigenvalue weighted by molar-refractivity contribution is 7.98. The fourth-order valence-corrected chi connectivity index (χ4v) is 2.53. The Kier molecular flexibility index (Phi) is 4.35.